The number of benzene rings is 2. The minimum atomic E-state index is -0.869. The monoisotopic (exact) mass is 470 g/mol. The molecule has 0 bridgehead atoms. The first kappa shape index (κ1) is 22.5. The van der Waals surface area contributed by atoms with E-state index in [1.54, 1.807) is 0 Å². The van der Waals surface area contributed by atoms with Crippen LogP contribution >= 0.6 is 0 Å². The summed E-state index contributed by atoms with van der Waals surface area (Å²) >= 11 is 0. The molecule has 3 aliphatic carbocycles. The van der Waals surface area contributed by atoms with Crippen LogP contribution in [-0.2, 0) is 27.1 Å². The normalized spacial score (nSPS) is 26.5. The molecule has 0 atom stereocenters. The molecule has 0 aliphatic heterocycles. The van der Waals surface area contributed by atoms with Crippen molar-refractivity contribution in [1.82, 2.24) is 9.78 Å². The van der Waals surface area contributed by atoms with Gasteiger partial charge in [-0.1, -0.05) is 60.7 Å². The molecule has 0 radical (unpaired) electrons. The lowest BCUT2D eigenvalue weighted by Crippen LogP contribution is -2.46. The molecule has 1 N–H and O–H groups in total. The maximum atomic E-state index is 12.6. The second-order valence-corrected chi connectivity index (χ2v) is 10.9. The van der Waals surface area contributed by atoms with E-state index in [2.05, 4.69) is 35.0 Å². The van der Waals surface area contributed by atoms with Crippen LogP contribution in [0.2, 0.25) is 0 Å². The Bertz CT molecular complexity index is 1170. The number of carboxylic acids is 1. The van der Waals surface area contributed by atoms with Crippen LogP contribution in [0.1, 0.15) is 62.6 Å². The molecule has 0 unspecified atom stereocenters. The van der Waals surface area contributed by atoms with Crippen molar-refractivity contribution in [3.8, 4) is 11.3 Å². The van der Waals surface area contributed by atoms with Gasteiger partial charge in [-0.2, -0.15) is 5.10 Å². The summed E-state index contributed by atoms with van der Waals surface area (Å²) < 4.78 is 8.93. The molecule has 2 aromatic carbocycles. The Hall–Kier alpha value is -2.92. The van der Waals surface area contributed by atoms with Crippen LogP contribution < -0.4 is 0 Å². The molecule has 3 aromatic rings. The van der Waals surface area contributed by atoms with E-state index in [1.165, 1.54) is 31.2 Å². The van der Waals surface area contributed by atoms with Crippen molar-refractivity contribution in [2.75, 3.05) is 6.61 Å². The molecule has 3 aliphatic rings. The predicted octanol–water partition coefficient (Wildman–Crippen LogP) is 6.18. The Morgan fingerprint density at radius 1 is 0.914 bits per heavy atom. The first-order valence-electron chi connectivity index (χ1n) is 13.1. The van der Waals surface area contributed by atoms with Crippen LogP contribution in [0.5, 0.6) is 0 Å². The number of hydrogen-bond acceptors (Lipinski definition) is 3. The summed E-state index contributed by atoms with van der Waals surface area (Å²) in [4.78, 5) is 12.6. The molecular formula is C30H34N2O3. The highest BCUT2D eigenvalue weighted by atomic mass is 16.5. The molecular weight excluding hydrogens is 436 g/mol. The van der Waals surface area contributed by atoms with E-state index >= 15 is 0 Å². The van der Waals surface area contributed by atoms with E-state index in [0.717, 1.165) is 30.1 Å². The van der Waals surface area contributed by atoms with Gasteiger partial charge in [0, 0.05) is 6.54 Å². The summed E-state index contributed by atoms with van der Waals surface area (Å²) in [5, 5.41) is 15.5. The molecule has 0 saturated heterocycles. The highest BCUT2D eigenvalue weighted by molar-refractivity contribution is 5.81. The van der Waals surface area contributed by atoms with Gasteiger partial charge in [0.25, 0.3) is 0 Å². The largest absolute Gasteiger partial charge is 0.481 e. The van der Waals surface area contributed by atoms with Gasteiger partial charge in [0.05, 0.1) is 23.4 Å². The minimum Gasteiger partial charge on any atom is -0.481 e. The van der Waals surface area contributed by atoms with Crippen LogP contribution in [0.15, 0.2) is 66.7 Å². The molecule has 6 rings (SSSR count). The van der Waals surface area contributed by atoms with Gasteiger partial charge >= 0.3 is 5.97 Å². The molecule has 0 spiro atoms. The maximum Gasteiger partial charge on any atom is 0.314 e. The number of hydrogen-bond donors (Lipinski definition) is 1. The van der Waals surface area contributed by atoms with Crippen molar-refractivity contribution < 1.29 is 14.6 Å². The average molecular weight is 471 g/mol. The first-order chi connectivity index (χ1) is 17.1. The topological polar surface area (TPSA) is 64.3 Å². The SMILES string of the molecule is O=C(O)C1(c2ccccc2)CCC(OCC2CC2)(c2cc(-c3ccccc3)n(CC3CC3)n2)CC1. The Labute approximate surface area is 207 Å². The molecule has 5 nitrogen and oxygen atoms in total. The molecule has 0 amide bonds. The Morgan fingerprint density at radius 3 is 2.14 bits per heavy atom. The van der Waals surface area contributed by atoms with Gasteiger partial charge in [-0.05, 0) is 80.4 Å². The van der Waals surface area contributed by atoms with Gasteiger partial charge in [-0.25, -0.2) is 0 Å². The van der Waals surface area contributed by atoms with Crippen molar-refractivity contribution in [3.63, 3.8) is 0 Å². The van der Waals surface area contributed by atoms with Gasteiger partial charge in [0.15, 0.2) is 0 Å². The molecule has 1 heterocycles. The van der Waals surface area contributed by atoms with E-state index in [-0.39, 0.29) is 0 Å². The highest BCUT2D eigenvalue weighted by Gasteiger charge is 2.51. The highest BCUT2D eigenvalue weighted by Crippen LogP contribution is 2.50. The number of nitrogens with zero attached hydrogens (tertiary/aromatic N) is 2. The van der Waals surface area contributed by atoms with Gasteiger partial charge in [0.1, 0.15) is 5.60 Å². The summed E-state index contributed by atoms with van der Waals surface area (Å²) in [5.74, 6) is 0.607. The lowest BCUT2D eigenvalue weighted by atomic mass is 9.64. The maximum absolute atomic E-state index is 12.6. The predicted molar refractivity (Wildman–Crippen MR) is 135 cm³/mol. The fraction of sp³-hybridized carbons (Fsp3) is 0.467. The van der Waals surface area contributed by atoms with Crippen molar-refractivity contribution in [2.24, 2.45) is 11.8 Å². The number of carboxylic acid groups (broad SMARTS) is 1. The second kappa shape index (κ2) is 8.94. The molecule has 5 heteroatoms. The number of rotatable bonds is 9. The summed E-state index contributed by atoms with van der Waals surface area (Å²) in [6.45, 7) is 1.67. The summed E-state index contributed by atoms with van der Waals surface area (Å²) in [6.07, 6.45) is 7.41. The number of carbonyl (C=O) groups is 1. The Morgan fingerprint density at radius 2 is 1.54 bits per heavy atom. The lowest BCUT2D eigenvalue weighted by Gasteiger charge is -2.44. The van der Waals surface area contributed by atoms with Crippen molar-refractivity contribution in [1.29, 1.82) is 0 Å². The van der Waals surface area contributed by atoms with Crippen LogP contribution in [0, 0.1) is 11.8 Å². The minimum absolute atomic E-state index is 0.533. The first-order valence-corrected chi connectivity index (χ1v) is 13.1. The molecule has 3 saturated carbocycles. The smallest absolute Gasteiger partial charge is 0.314 e. The molecule has 3 fully saturated rings. The van der Waals surface area contributed by atoms with Crippen molar-refractivity contribution in [2.45, 2.75) is 68.9 Å². The zero-order chi connectivity index (χ0) is 23.9. The summed E-state index contributed by atoms with van der Waals surface area (Å²) in [6, 6.07) is 22.5. The van der Waals surface area contributed by atoms with Gasteiger partial charge < -0.3 is 9.84 Å². The van der Waals surface area contributed by atoms with Crippen LogP contribution in [0.25, 0.3) is 11.3 Å². The standard InChI is InChI=1S/C30H34N2O3/c33-28(34)29(25-9-5-2-6-10-25)15-17-30(18-16-29,35-21-23-13-14-23)27-19-26(24-7-3-1-4-8-24)32(31-27)20-22-11-12-22/h1-10,19,22-23H,11-18,20-21H2,(H,33,34). The number of ether oxygens (including phenoxy) is 1. The Kier molecular flexibility index (Phi) is 5.76. The van der Waals surface area contributed by atoms with Crippen molar-refractivity contribution in [3.05, 3.63) is 78.0 Å². The zero-order valence-corrected chi connectivity index (χ0v) is 20.2. The third-order valence-corrected chi connectivity index (χ3v) is 8.38. The van der Waals surface area contributed by atoms with Crippen LogP contribution in [0.3, 0.4) is 0 Å². The van der Waals surface area contributed by atoms with Crippen molar-refractivity contribution >= 4 is 5.97 Å². The lowest BCUT2D eigenvalue weighted by molar-refractivity contribution is -0.151. The van der Waals surface area contributed by atoms with E-state index in [4.69, 9.17) is 9.84 Å². The fourth-order valence-electron chi connectivity index (χ4n) is 5.67. The van der Waals surface area contributed by atoms with E-state index < -0.39 is 17.0 Å². The van der Waals surface area contributed by atoms with Gasteiger partial charge in [-0.15, -0.1) is 0 Å². The van der Waals surface area contributed by atoms with Crippen LogP contribution in [0.4, 0.5) is 0 Å². The molecule has 1 aromatic heterocycles. The Balaban J connectivity index is 1.36. The second-order valence-electron chi connectivity index (χ2n) is 10.9. The van der Waals surface area contributed by atoms with Crippen LogP contribution in [-0.4, -0.2) is 27.5 Å². The number of aliphatic carboxylic acids is 1. The van der Waals surface area contributed by atoms with E-state index in [9.17, 15) is 9.90 Å². The van der Waals surface area contributed by atoms with Gasteiger partial charge in [0.2, 0.25) is 0 Å². The number of aromatic nitrogens is 2. The average Bonchev–Trinajstić information content (AvgIpc) is 3.83. The fourth-order valence-corrected chi connectivity index (χ4v) is 5.67. The van der Waals surface area contributed by atoms with E-state index in [0.29, 0.717) is 37.5 Å². The van der Waals surface area contributed by atoms with E-state index in [1.807, 2.05) is 36.4 Å². The summed E-state index contributed by atoms with van der Waals surface area (Å²) in [7, 11) is 0. The third-order valence-electron chi connectivity index (χ3n) is 8.38. The quantitative estimate of drug-likeness (QED) is 0.406. The molecule has 35 heavy (non-hydrogen) atoms. The zero-order valence-electron chi connectivity index (χ0n) is 20.2. The summed E-state index contributed by atoms with van der Waals surface area (Å²) in [5.41, 5.74) is 2.78. The third kappa shape index (κ3) is 4.42. The van der Waals surface area contributed by atoms with Gasteiger partial charge in [-0.3, -0.25) is 9.48 Å². The molecule has 182 valence electrons.